The van der Waals surface area contributed by atoms with Crippen molar-refractivity contribution in [3.8, 4) is 0 Å². The van der Waals surface area contributed by atoms with E-state index >= 15 is 0 Å². The summed E-state index contributed by atoms with van der Waals surface area (Å²) in [6.07, 6.45) is 8.39. The second-order valence-corrected chi connectivity index (χ2v) is 7.00. The lowest BCUT2D eigenvalue weighted by Gasteiger charge is -2.59. The van der Waals surface area contributed by atoms with Gasteiger partial charge in [-0.1, -0.05) is 0 Å². The van der Waals surface area contributed by atoms with Crippen LogP contribution in [0.1, 0.15) is 45.4 Å². The van der Waals surface area contributed by atoms with Gasteiger partial charge in [0.05, 0.1) is 0 Å². The first-order valence-electron chi connectivity index (χ1n) is 7.39. The average molecular weight is 251 g/mol. The number of ether oxygens (including phenoxy) is 1. The molecule has 4 aliphatic carbocycles. The molecular weight excluding hydrogens is 226 g/mol. The van der Waals surface area contributed by atoms with Gasteiger partial charge in [0, 0.05) is 13.2 Å². The third-order valence-corrected chi connectivity index (χ3v) is 5.66. The van der Waals surface area contributed by atoms with Crippen molar-refractivity contribution in [1.82, 2.24) is 5.32 Å². The molecule has 0 spiro atoms. The van der Waals surface area contributed by atoms with Crippen LogP contribution >= 0.6 is 0 Å². The van der Waals surface area contributed by atoms with E-state index in [1.165, 1.54) is 38.5 Å². The van der Waals surface area contributed by atoms with Crippen LogP contribution < -0.4 is 5.32 Å². The molecule has 3 nitrogen and oxygen atoms in total. The van der Waals surface area contributed by atoms with E-state index in [4.69, 9.17) is 4.74 Å². The molecule has 4 saturated carbocycles. The summed E-state index contributed by atoms with van der Waals surface area (Å²) < 4.78 is 4.91. The van der Waals surface area contributed by atoms with Gasteiger partial charge < -0.3 is 10.1 Å². The van der Waals surface area contributed by atoms with Crippen LogP contribution in [0, 0.1) is 23.2 Å². The zero-order valence-electron chi connectivity index (χ0n) is 11.6. The number of rotatable bonds is 4. The van der Waals surface area contributed by atoms with Crippen LogP contribution in [0.5, 0.6) is 0 Å². The van der Waals surface area contributed by atoms with Crippen molar-refractivity contribution in [2.75, 3.05) is 13.7 Å². The van der Waals surface area contributed by atoms with Gasteiger partial charge in [-0.3, -0.25) is 4.79 Å². The summed E-state index contributed by atoms with van der Waals surface area (Å²) in [6, 6.07) is 0.313. The number of nitrogens with one attached hydrogen (secondary N) is 1. The Hall–Kier alpha value is -0.570. The van der Waals surface area contributed by atoms with E-state index in [-0.39, 0.29) is 12.5 Å². The summed E-state index contributed by atoms with van der Waals surface area (Å²) in [4.78, 5) is 11.7. The summed E-state index contributed by atoms with van der Waals surface area (Å²) in [5, 5.41) is 3.17. The molecule has 1 N–H and O–H groups in total. The van der Waals surface area contributed by atoms with Crippen LogP contribution in [-0.2, 0) is 9.53 Å². The first-order chi connectivity index (χ1) is 8.61. The number of hydrogen-bond donors (Lipinski definition) is 1. The Morgan fingerprint density at radius 2 is 1.72 bits per heavy atom. The Morgan fingerprint density at radius 1 is 1.22 bits per heavy atom. The summed E-state index contributed by atoms with van der Waals surface area (Å²) in [7, 11) is 1.58. The van der Waals surface area contributed by atoms with E-state index in [1.54, 1.807) is 7.11 Å². The Labute approximate surface area is 110 Å². The maximum absolute atomic E-state index is 11.7. The van der Waals surface area contributed by atoms with Gasteiger partial charge in [0.1, 0.15) is 6.61 Å². The second kappa shape index (κ2) is 4.52. The molecule has 4 rings (SSSR count). The molecule has 4 bridgehead atoms. The number of amides is 1. The summed E-state index contributed by atoms with van der Waals surface area (Å²) in [5.41, 5.74) is 0.401. The van der Waals surface area contributed by atoms with Crippen LogP contribution in [0.25, 0.3) is 0 Å². The molecule has 0 aromatic carbocycles. The number of carbonyl (C=O) groups excluding carboxylic acids is 1. The van der Waals surface area contributed by atoms with Crippen molar-refractivity contribution in [2.24, 2.45) is 23.2 Å². The first kappa shape index (κ1) is 12.5. The monoisotopic (exact) mass is 251 g/mol. The minimum Gasteiger partial charge on any atom is -0.375 e. The molecule has 4 aliphatic rings. The third-order valence-electron chi connectivity index (χ3n) is 5.66. The van der Waals surface area contributed by atoms with Crippen LogP contribution in [0.15, 0.2) is 0 Å². The van der Waals surface area contributed by atoms with Crippen LogP contribution in [0.4, 0.5) is 0 Å². The summed E-state index contributed by atoms with van der Waals surface area (Å²) in [6.45, 7) is 2.40. The molecule has 4 fully saturated rings. The van der Waals surface area contributed by atoms with E-state index in [2.05, 4.69) is 12.2 Å². The molecule has 1 atom stereocenters. The SMILES string of the molecule is COCC(=O)N[C@H](C)C12CC3CC(CC(C3)C1)C2. The van der Waals surface area contributed by atoms with Crippen LogP contribution in [0.2, 0.25) is 0 Å². The normalized spacial score (nSPS) is 42.9. The fourth-order valence-electron chi connectivity index (χ4n) is 5.28. The fraction of sp³-hybridized carbons (Fsp3) is 0.933. The highest BCUT2D eigenvalue weighted by molar-refractivity contribution is 5.77. The molecule has 0 radical (unpaired) electrons. The van der Waals surface area contributed by atoms with Crippen LogP contribution in [0.3, 0.4) is 0 Å². The standard InChI is InChI=1S/C15H25NO2/c1-10(16-14(17)9-18-2)15-6-11-3-12(7-15)5-13(4-11)8-15/h10-13H,3-9H2,1-2H3,(H,16,17)/t10-,11?,12?,13?,15?/m1/s1. The lowest BCUT2D eigenvalue weighted by Crippen LogP contribution is -2.56. The zero-order valence-corrected chi connectivity index (χ0v) is 11.6. The zero-order chi connectivity index (χ0) is 12.8. The van der Waals surface area contributed by atoms with E-state index in [0.717, 1.165) is 17.8 Å². The Kier molecular flexibility index (Phi) is 3.13. The van der Waals surface area contributed by atoms with E-state index in [0.29, 0.717) is 11.5 Å². The maximum atomic E-state index is 11.7. The van der Waals surface area contributed by atoms with Gasteiger partial charge in [-0.25, -0.2) is 0 Å². The smallest absolute Gasteiger partial charge is 0.246 e. The number of methoxy groups -OCH3 is 1. The summed E-state index contributed by atoms with van der Waals surface area (Å²) in [5.74, 6) is 2.87. The highest BCUT2D eigenvalue weighted by Crippen LogP contribution is 2.61. The predicted octanol–water partition coefficient (Wildman–Crippen LogP) is 2.35. The largest absolute Gasteiger partial charge is 0.375 e. The van der Waals surface area contributed by atoms with Gasteiger partial charge in [-0.05, 0) is 68.6 Å². The Morgan fingerprint density at radius 3 is 2.17 bits per heavy atom. The average Bonchev–Trinajstić information content (AvgIpc) is 2.27. The second-order valence-electron chi connectivity index (χ2n) is 7.00. The van der Waals surface area contributed by atoms with Gasteiger partial charge in [0.2, 0.25) is 5.91 Å². The molecule has 0 aromatic rings. The molecule has 0 saturated heterocycles. The fourth-order valence-corrected chi connectivity index (χ4v) is 5.28. The Bertz CT molecular complexity index is 304. The van der Waals surface area contributed by atoms with Crippen molar-refractivity contribution < 1.29 is 9.53 Å². The van der Waals surface area contributed by atoms with Crippen molar-refractivity contribution >= 4 is 5.91 Å². The van der Waals surface area contributed by atoms with Gasteiger partial charge in [0.15, 0.2) is 0 Å². The topological polar surface area (TPSA) is 38.3 Å². The van der Waals surface area contributed by atoms with Gasteiger partial charge >= 0.3 is 0 Å². The molecular formula is C15H25NO2. The van der Waals surface area contributed by atoms with Crippen molar-refractivity contribution in [2.45, 2.75) is 51.5 Å². The number of hydrogen-bond acceptors (Lipinski definition) is 2. The molecule has 0 aromatic heterocycles. The maximum Gasteiger partial charge on any atom is 0.246 e. The molecule has 102 valence electrons. The van der Waals surface area contributed by atoms with Gasteiger partial charge in [0.25, 0.3) is 0 Å². The molecule has 1 amide bonds. The molecule has 3 heteroatoms. The van der Waals surface area contributed by atoms with Crippen LogP contribution in [-0.4, -0.2) is 25.7 Å². The van der Waals surface area contributed by atoms with Gasteiger partial charge in [-0.15, -0.1) is 0 Å². The highest BCUT2D eigenvalue weighted by Gasteiger charge is 2.53. The lowest BCUT2D eigenvalue weighted by atomic mass is 9.48. The minimum absolute atomic E-state index is 0.0424. The van der Waals surface area contributed by atoms with Gasteiger partial charge in [-0.2, -0.15) is 0 Å². The molecule has 0 aliphatic heterocycles. The lowest BCUT2D eigenvalue weighted by molar-refractivity contribution is -0.129. The molecule has 18 heavy (non-hydrogen) atoms. The van der Waals surface area contributed by atoms with Crippen molar-refractivity contribution in [1.29, 1.82) is 0 Å². The molecule has 0 unspecified atom stereocenters. The third kappa shape index (κ3) is 2.07. The quantitative estimate of drug-likeness (QED) is 0.833. The predicted molar refractivity (Wildman–Crippen MR) is 70.1 cm³/mol. The number of carbonyl (C=O) groups is 1. The summed E-state index contributed by atoms with van der Waals surface area (Å²) >= 11 is 0. The highest BCUT2D eigenvalue weighted by atomic mass is 16.5. The van der Waals surface area contributed by atoms with E-state index in [9.17, 15) is 4.79 Å². The van der Waals surface area contributed by atoms with Crippen molar-refractivity contribution in [3.63, 3.8) is 0 Å². The van der Waals surface area contributed by atoms with E-state index < -0.39 is 0 Å². The Balaban J connectivity index is 1.69. The molecule has 0 heterocycles. The first-order valence-corrected chi connectivity index (χ1v) is 7.39. The van der Waals surface area contributed by atoms with Crippen molar-refractivity contribution in [3.05, 3.63) is 0 Å². The van der Waals surface area contributed by atoms with E-state index in [1.807, 2.05) is 0 Å². The minimum atomic E-state index is 0.0424.